The van der Waals surface area contributed by atoms with E-state index in [4.69, 9.17) is 0 Å². The lowest BCUT2D eigenvalue weighted by atomic mass is 10.0. The lowest BCUT2D eigenvalue weighted by molar-refractivity contribution is -0.130. The summed E-state index contributed by atoms with van der Waals surface area (Å²) in [5.41, 5.74) is 1.60. The van der Waals surface area contributed by atoms with Crippen LogP contribution in [0.4, 0.5) is 5.82 Å². The second-order valence-electron chi connectivity index (χ2n) is 5.71. The first-order chi connectivity index (χ1) is 10.3. The number of rotatable bonds is 2. The predicted molar refractivity (Wildman–Crippen MR) is 77.9 cm³/mol. The largest absolute Gasteiger partial charge is 0.355 e. The average Bonchev–Trinajstić information content (AvgIpc) is 3.15. The molecule has 0 spiro atoms. The molecule has 2 aromatic heterocycles. The number of nitrogens with zero attached hydrogens (tertiary/aromatic N) is 5. The van der Waals surface area contributed by atoms with E-state index in [0.717, 1.165) is 56.7 Å². The van der Waals surface area contributed by atoms with Gasteiger partial charge in [-0.1, -0.05) is 0 Å². The molecule has 0 unspecified atom stereocenters. The van der Waals surface area contributed by atoms with E-state index >= 15 is 0 Å². The number of hydrogen-bond acceptors (Lipinski definition) is 5. The lowest BCUT2D eigenvalue weighted by Gasteiger charge is -2.37. The molecule has 110 valence electrons. The Bertz CT molecular complexity index is 660. The first kappa shape index (κ1) is 12.6. The number of carbonyl (C=O) groups is 1. The van der Waals surface area contributed by atoms with Crippen molar-refractivity contribution in [3.05, 3.63) is 12.7 Å². The molecule has 2 saturated heterocycles. The van der Waals surface area contributed by atoms with Crippen LogP contribution in [0.15, 0.2) is 12.7 Å². The maximum absolute atomic E-state index is 11.8. The van der Waals surface area contributed by atoms with Crippen molar-refractivity contribution in [3.8, 4) is 0 Å². The Kier molecular flexibility index (Phi) is 2.98. The van der Waals surface area contributed by atoms with E-state index in [0.29, 0.717) is 17.6 Å². The van der Waals surface area contributed by atoms with Crippen molar-refractivity contribution in [2.45, 2.75) is 31.7 Å². The third-order valence-corrected chi connectivity index (χ3v) is 4.52. The summed E-state index contributed by atoms with van der Waals surface area (Å²) in [6, 6.07) is 0.398. The van der Waals surface area contributed by atoms with Crippen LogP contribution in [0.5, 0.6) is 0 Å². The molecular weight excluding hydrogens is 268 g/mol. The van der Waals surface area contributed by atoms with E-state index in [-0.39, 0.29) is 0 Å². The molecule has 2 aromatic rings. The van der Waals surface area contributed by atoms with Gasteiger partial charge in [-0.15, -0.1) is 0 Å². The number of imidazole rings is 1. The summed E-state index contributed by atoms with van der Waals surface area (Å²) in [4.78, 5) is 32.0. The summed E-state index contributed by atoms with van der Waals surface area (Å²) in [5, 5.41) is 0. The Labute approximate surface area is 122 Å². The van der Waals surface area contributed by atoms with E-state index in [2.05, 4.69) is 29.7 Å². The Morgan fingerprint density at radius 3 is 2.76 bits per heavy atom. The monoisotopic (exact) mass is 286 g/mol. The zero-order valence-corrected chi connectivity index (χ0v) is 11.8. The van der Waals surface area contributed by atoms with Crippen LogP contribution in [-0.4, -0.2) is 56.4 Å². The third kappa shape index (κ3) is 2.12. The number of hydrogen-bond donors (Lipinski definition) is 1. The normalized spacial score (nSPS) is 20.7. The molecule has 4 rings (SSSR count). The molecule has 0 saturated carbocycles. The van der Waals surface area contributed by atoms with Gasteiger partial charge in [0, 0.05) is 32.1 Å². The average molecular weight is 286 g/mol. The number of H-pyrrole nitrogens is 1. The van der Waals surface area contributed by atoms with Crippen LogP contribution in [-0.2, 0) is 4.79 Å². The molecule has 7 heteroatoms. The number of carbonyl (C=O) groups excluding carboxylic acids is 1. The highest BCUT2D eigenvalue weighted by molar-refractivity contribution is 5.82. The quantitative estimate of drug-likeness (QED) is 0.889. The van der Waals surface area contributed by atoms with Gasteiger partial charge in [-0.25, -0.2) is 15.0 Å². The van der Waals surface area contributed by atoms with Gasteiger partial charge in [0.1, 0.15) is 11.8 Å². The molecule has 7 nitrogen and oxygen atoms in total. The van der Waals surface area contributed by atoms with Crippen molar-refractivity contribution in [1.29, 1.82) is 0 Å². The van der Waals surface area contributed by atoms with Gasteiger partial charge >= 0.3 is 0 Å². The van der Waals surface area contributed by atoms with E-state index < -0.39 is 0 Å². The fraction of sp³-hybridized carbons (Fsp3) is 0.571. The molecular formula is C14H18N6O. The number of anilines is 1. The van der Waals surface area contributed by atoms with Gasteiger partial charge in [0.2, 0.25) is 5.91 Å². The molecule has 0 bridgehead atoms. The van der Waals surface area contributed by atoms with Crippen LogP contribution in [0.3, 0.4) is 0 Å². The molecule has 4 heterocycles. The summed E-state index contributed by atoms with van der Waals surface area (Å²) in [5.74, 6) is 1.25. The minimum absolute atomic E-state index is 0.325. The van der Waals surface area contributed by atoms with E-state index in [9.17, 15) is 4.79 Å². The zero-order valence-electron chi connectivity index (χ0n) is 11.8. The summed E-state index contributed by atoms with van der Waals surface area (Å²) in [7, 11) is 0. The lowest BCUT2D eigenvalue weighted by Crippen LogP contribution is -2.45. The van der Waals surface area contributed by atoms with Gasteiger partial charge in [0.05, 0.1) is 6.33 Å². The first-order valence-corrected chi connectivity index (χ1v) is 7.51. The Hall–Kier alpha value is -2.18. The van der Waals surface area contributed by atoms with Crippen LogP contribution in [0.25, 0.3) is 11.2 Å². The van der Waals surface area contributed by atoms with Crippen LogP contribution >= 0.6 is 0 Å². The van der Waals surface area contributed by atoms with Gasteiger partial charge in [-0.2, -0.15) is 0 Å². The number of aromatic amines is 1. The fourth-order valence-electron chi connectivity index (χ4n) is 3.44. The highest BCUT2D eigenvalue weighted by Crippen LogP contribution is 2.26. The minimum Gasteiger partial charge on any atom is -0.355 e. The van der Waals surface area contributed by atoms with Crippen LogP contribution in [0, 0.1) is 0 Å². The molecule has 2 aliphatic rings. The number of fused-ring (bicyclic) bond motifs is 1. The zero-order chi connectivity index (χ0) is 14.2. The summed E-state index contributed by atoms with van der Waals surface area (Å²) >= 11 is 0. The number of likely N-dealkylation sites (tertiary alicyclic amines) is 1. The summed E-state index contributed by atoms with van der Waals surface area (Å²) in [6.45, 7) is 2.76. The maximum Gasteiger partial charge on any atom is 0.222 e. The Morgan fingerprint density at radius 1 is 1.14 bits per heavy atom. The standard InChI is InChI=1S/C14H18N6O/c21-11-2-1-5-20(11)10-3-6-19(7-4-10)14-12-13(16-8-15-12)17-9-18-14/h8-10H,1-7H2,(H,15,16,17,18). The van der Waals surface area contributed by atoms with Crippen molar-refractivity contribution in [2.24, 2.45) is 0 Å². The summed E-state index contributed by atoms with van der Waals surface area (Å²) in [6.07, 6.45) is 6.96. The van der Waals surface area contributed by atoms with E-state index in [1.165, 1.54) is 0 Å². The molecule has 0 aliphatic carbocycles. The number of nitrogens with one attached hydrogen (secondary N) is 1. The number of amides is 1. The van der Waals surface area contributed by atoms with Crippen molar-refractivity contribution in [1.82, 2.24) is 24.8 Å². The SMILES string of the molecule is O=C1CCCN1C1CCN(c2ncnc3nc[nH]c23)CC1. The Morgan fingerprint density at radius 2 is 2.00 bits per heavy atom. The Balaban J connectivity index is 1.50. The predicted octanol–water partition coefficient (Wildman–Crippen LogP) is 0.944. The second-order valence-corrected chi connectivity index (χ2v) is 5.71. The molecule has 21 heavy (non-hydrogen) atoms. The third-order valence-electron chi connectivity index (χ3n) is 4.52. The molecule has 1 amide bonds. The number of piperidine rings is 1. The van der Waals surface area contributed by atoms with Crippen molar-refractivity contribution in [3.63, 3.8) is 0 Å². The van der Waals surface area contributed by atoms with Crippen LogP contribution < -0.4 is 4.90 Å². The molecule has 2 aliphatic heterocycles. The molecule has 0 atom stereocenters. The number of aromatic nitrogens is 4. The van der Waals surface area contributed by atoms with E-state index in [1.54, 1.807) is 12.7 Å². The molecule has 2 fully saturated rings. The highest BCUT2D eigenvalue weighted by atomic mass is 16.2. The van der Waals surface area contributed by atoms with Gasteiger partial charge in [0.15, 0.2) is 11.5 Å². The second kappa shape index (κ2) is 4.98. The van der Waals surface area contributed by atoms with Gasteiger partial charge in [0.25, 0.3) is 0 Å². The molecule has 0 aromatic carbocycles. The van der Waals surface area contributed by atoms with Crippen LogP contribution in [0.1, 0.15) is 25.7 Å². The summed E-state index contributed by atoms with van der Waals surface area (Å²) < 4.78 is 0. The maximum atomic E-state index is 11.8. The highest BCUT2D eigenvalue weighted by Gasteiger charge is 2.31. The van der Waals surface area contributed by atoms with Crippen molar-refractivity contribution >= 4 is 22.9 Å². The van der Waals surface area contributed by atoms with Crippen molar-refractivity contribution in [2.75, 3.05) is 24.5 Å². The first-order valence-electron chi connectivity index (χ1n) is 7.51. The molecule has 0 radical (unpaired) electrons. The minimum atomic E-state index is 0.325. The van der Waals surface area contributed by atoms with E-state index in [1.807, 2.05) is 0 Å². The smallest absolute Gasteiger partial charge is 0.222 e. The topological polar surface area (TPSA) is 78.0 Å². The van der Waals surface area contributed by atoms with Gasteiger partial charge in [-0.3, -0.25) is 4.79 Å². The fourth-order valence-corrected chi connectivity index (χ4v) is 3.44. The molecule has 1 N–H and O–H groups in total. The van der Waals surface area contributed by atoms with Gasteiger partial charge < -0.3 is 14.8 Å². The van der Waals surface area contributed by atoms with Gasteiger partial charge in [-0.05, 0) is 19.3 Å². The van der Waals surface area contributed by atoms with Crippen molar-refractivity contribution < 1.29 is 4.79 Å². The van der Waals surface area contributed by atoms with Crippen LogP contribution in [0.2, 0.25) is 0 Å².